The topological polar surface area (TPSA) is 42.2 Å². The molecule has 5 aromatic rings. The van der Waals surface area contributed by atoms with Crippen LogP contribution in [0.3, 0.4) is 0 Å². The number of halogens is 1. The van der Waals surface area contributed by atoms with Gasteiger partial charge in [0.15, 0.2) is 0 Å². The summed E-state index contributed by atoms with van der Waals surface area (Å²) in [6.45, 7) is 2.15. The zero-order valence-electron chi connectivity index (χ0n) is 19.5. The van der Waals surface area contributed by atoms with Gasteiger partial charge in [0.25, 0.3) is 0 Å². The van der Waals surface area contributed by atoms with Crippen molar-refractivity contribution < 1.29 is 9.21 Å². The second-order valence-electron chi connectivity index (χ2n) is 7.98. The number of furan rings is 1. The van der Waals surface area contributed by atoms with Crippen LogP contribution >= 0.6 is 23.9 Å². The molecule has 0 saturated heterocycles. The predicted octanol–water partition coefficient (Wildman–Crippen LogP) is 6.32. The SMILES string of the molecule is CC(=O)NCCc1coc2ccc(Br)cc12.c1ccc(P(c2ccccc2)c2ccccc2)cc1. The number of hydrogen-bond donors (Lipinski definition) is 1. The molecule has 0 aliphatic carbocycles. The number of amides is 1. The Bertz CT molecular complexity index is 1260. The van der Waals surface area contributed by atoms with Crippen molar-refractivity contribution in [3.8, 4) is 0 Å². The summed E-state index contributed by atoms with van der Waals surface area (Å²) in [5.41, 5.74) is 1.99. The fraction of sp³-hybridized carbons (Fsp3) is 0.100. The van der Waals surface area contributed by atoms with E-state index in [0.717, 1.165) is 27.4 Å². The molecule has 5 heteroatoms. The molecule has 0 unspecified atom stereocenters. The molecule has 0 radical (unpaired) electrons. The summed E-state index contributed by atoms with van der Waals surface area (Å²) in [6, 6.07) is 38.2. The van der Waals surface area contributed by atoms with Crippen LogP contribution < -0.4 is 21.2 Å². The summed E-state index contributed by atoms with van der Waals surface area (Å²) in [4.78, 5) is 10.7. The highest BCUT2D eigenvalue weighted by atomic mass is 79.9. The maximum Gasteiger partial charge on any atom is 0.216 e. The van der Waals surface area contributed by atoms with E-state index in [2.05, 4.69) is 112 Å². The predicted molar refractivity (Wildman–Crippen MR) is 151 cm³/mol. The highest BCUT2D eigenvalue weighted by Gasteiger charge is 2.15. The van der Waals surface area contributed by atoms with E-state index in [1.165, 1.54) is 22.8 Å². The molecule has 1 aromatic heterocycles. The molecule has 1 heterocycles. The molecule has 176 valence electrons. The molecule has 0 fully saturated rings. The maximum atomic E-state index is 10.7. The van der Waals surface area contributed by atoms with Gasteiger partial charge in [-0.2, -0.15) is 0 Å². The van der Waals surface area contributed by atoms with E-state index >= 15 is 0 Å². The van der Waals surface area contributed by atoms with Crippen molar-refractivity contribution in [1.29, 1.82) is 0 Å². The molecule has 0 bridgehead atoms. The zero-order chi connectivity index (χ0) is 24.5. The van der Waals surface area contributed by atoms with Crippen molar-refractivity contribution in [2.24, 2.45) is 0 Å². The van der Waals surface area contributed by atoms with Gasteiger partial charge in [-0.1, -0.05) is 107 Å². The standard InChI is InChI=1S/C18H15P.C12H12BrNO2/c1-4-10-16(11-5-1)19(17-12-6-2-7-13-17)18-14-8-3-9-15-18;1-8(15)14-5-4-9-7-16-12-3-2-10(13)6-11(9)12/h1-15H;2-3,6-7H,4-5H2,1H3,(H,14,15). The second kappa shape index (κ2) is 12.5. The first-order valence-electron chi connectivity index (χ1n) is 11.5. The van der Waals surface area contributed by atoms with Crippen LogP contribution in [-0.4, -0.2) is 12.5 Å². The van der Waals surface area contributed by atoms with Crippen molar-refractivity contribution in [2.45, 2.75) is 13.3 Å². The van der Waals surface area contributed by atoms with Crippen molar-refractivity contribution in [1.82, 2.24) is 5.32 Å². The lowest BCUT2D eigenvalue weighted by Gasteiger charge is -2.18. The summed E-state index contributed by atoms with van der Waals surface area (Å²) >= 11 is 3.43. The number of carbonyl (C=O) groups excluding carboxylic acids is 1. The molecule has 1 amide bonds. The first-order valence-corrected chi connectivity index (χ1v) is 13.6. The number of fused-ring (bicyclic) bond motifs is 1. The lowest BCUT2D eigenvalue weighted by atomic mass is 10.1. The van der Waals surface area contributed by atoms with Crippen LogP contribution in [0.2, 0.25) is 0 Å². The fourth-order valence-corrected chi connectivity index (χ4v) is 6.47. The van der Waals surface area contributed by atoms with Crippen LogP contribution in [0.15, 0.2) is 124 Å². The minimum Gasteiger partial charge on any atom is -0.464 e. The van der Waals surface area contributed by atoms with Gasteiger partial charge in [-0.15, -0.1) is 0 Å². The van der Waals surface area contributed by atoms with Crippen molar-refractivity contribution in [3.05, 3.63) is 125 Å². The third-order valence-electron chi connectivity index (χ3n) is 5.43. The van der Waals surface area contributed by atoms with Gasteiger partial charge in [0.1, 0.15) is 5.58 Å². The lowest BCUT2D eigenvalue weighted by molar-refractivity contribution is -0.118. The quantitative estimate of drug-likeness (QED) is 0.255. The van der Waals surface area contributed by atoms with Crippen LogP contribution in [0.1, 0.15) is 12.5 Å². The maximum absolute atomic E-state index is 10.7. The van der Waals surface area contributed by atoms with E-state index < -0.39 is 7.92 Å². The Hall–Kier alpha value is -3.20. The molecule has 0 spiro atoms. The van der Waals surface area contributed by atoms with Crippen LogP contribution in [0, 0.1) is 0 Å². The minimum absolute atomic E-state index is 0.00557. The van der Waals surface area contributed by atoms with Crippen molar-refractivity contribution in [2.75, 3.05) is 6.54 Å². The molecule has 5 rings (SSSR count). The smallest absolute Gasteiger partial charge is 0.216 e. The Morgan fingerprint density at radius 1 is 0.800 bits per heavy atom. The van der Waals surface area contributed by atoms with Gasteiger partial charge in [-0.05, 0) is 54.0 Å². The number of nitrogens with one attached hydrogen (secondary N) is 1. The Morgan fingerprint density at radius 2 is 1.31 bits per heavy atom. The number of carbonyl (C=O) groups is 1. The van der Waals surface area contributed by atoms with Crippen LogP contribution in [0.4, 0.5) is 0 Å². The highest BCUT2D eigenvalue weighted by molar-refractivity contribution is 9.10. The van der Waals surface area contributed by atoms with E-state index in [-0.39, 0.29) is 5.91 Å². The molecule has 35 heavy (non-hydrogen) atoms. The average molecular weight is 544 g/mol. The highest BCUT2D eigenvalue weighted by Crippen LogP contribution is 2.32. The van der Waals surface area contributed by atoms with E-state index in [1.807, 2.05) is 18.2 Å². The summed E-state index contributed by atoms with van der Waals surface area (Å²) in [7, 11) is -0.446. The summed E-state index contributed by atoms with van der Waals surface area (Å²) < 4.78 is 6.46. The number of benzene rings is 4. The summed E-state index contributed by atoms with van der Waals surface area (Å²) in [5, 5.41) is 8.06. The Labute approximate surface area is 216 Å². The fourth-order valence-electron chi connectivity index (χ4n) is 3.80. The van der Waals surface area contributed by atoms with Gasteiger partial charge in [-0.3, -0.25) is 4.79 Å². The molecule has 0 atom stereocenters. The monoisotopic (exact) mass is 543 g/mol. The molecule has 0 aliphatic heterocycles. The molecule has 0 aliphatic rings. The molecule has 1 N–H and O–H groups in total. The number of rotatable bonds is 6. The van der Waals surface area contributed by atoms with Gasteiger partial charge in [0.05, 0.1) is 6.26 Å². The Balaban J connectivity index is 0.000000168. The molecular weight excluding hydrogens is 517 g/mol. The average Bonchev–Trinajstić information content (AvgIpc) is 3.28. The van der Waals surface area contributed by atoms with E-state index in [4.69, 9.17) is 4.42 Å². The van der Waals surface area contributed by atoms with E-state index in [0.29, 0.717) is 6.54 Å². The Morgan fingerprint density at radius 3 is 1.80 bits per heavy atom. The second-order valence-corrected chi connectivity index (χ2v) is 11.1. The van der Waals surface area contributed by atoms with E-state index in [9.17, 15) is 4.79 Å². The largest absolute Gasteiger partial charge is 0.464 e. The third-order valence-corrected chi connectivity index (χ3v) is 8.36. The van der Waals surface area contributed by atoms with Gasteiger partial charge >= 0.3 is 0 Å². The zero-order valence-corrected chi connectivity index (χ0v) is 22.0. The molecule has 4 aromatic carbocycles. The number of hydrogen-bond acceptors (Lipinski definition) is 2. The third kappa shape index (κ3) is 6.91. The van der Waals surface area contributed by atoms with Gasteiger partial charge in [0, 0.05) is 23.3 Å². The van der Waals surface area contributed by atoms with E-state index in [1.54, 1.807) is 6.26 Å². The van der Waals surface area contributed by atoms with Gasteiger partial charge in [0.2, 0.25) is 5.91 Å². The first kappa shape index (κ1) is 24.9. The summed E-state index contributed by atoms with van der Waals surface area (Å²) in [6.07, 6.45) is 2.53. The Kier molecular flexibility index (Phi) is 8.89. The van der Waals surface area contributed by atoms with Gasteiger partial charge < -0.3 is 9.73 Å². The molecular formula is C30H27BrNO2P. The molecule has 3 nitrogen and oxygen atoms in total. The van der Waals surface area contributed by atoms with Crippen LogP contribution in [-0.2, 0) is 11.2 Å². The van der Waals surface area contributed by atoms with Crippen molar-refractivity contribution in [3.63, 3.8) is 0 Å². The first-order chi connectivity index (χ1) is 17.1. The van der Waals surface area contributed by atoms with Crippen LogP contribution in [0.25, 0.3) is 11.0 Å². The van der Waals surface area contributed by atoms with Gasteiger partial charge in [-0.25, -0.2) is 0 Å². The normalized spacial score (nSPS) is 10.6. The minimum atomic E-state index is -0.446. The molecule has 0 saturated carbocycles. The van der Waals surface area contributed by atoms with Crippen LogP contribution in [0.5, 0.6) is 0 Å². The van der Waals surface area contributed by atoms with Crippen molar-refractivity contribution >= 4 is 56.6 Å². The summed E-state index contributed by atoms with van der Waals surface area (Å²) in [5.74, 6) is -0.00557. The lowest BCUT2D eigenvalue weighted by Crippen LogP contribution is -2.22.